The van der Waals surface area contributed by atoms with E-state index in [1.165, 1.54) is 11.1 Å². The SMILES string of the molecule is CCCOCCCOc1ccc2c(c1)CC[C@@H]1[C@@H]2CC[C@]2(C)[C@@H](OCCCOC(C(F)(F)F)(C(F)(F)F)C(F)(F)F)CC[C@@H]12. The first-order valence-corrected chi connectivity index (χ1v) is 15.4. The molecule has 0 unspecified atom stereocenters. The molecular weight excluding hydrogens is 607 g/mol. The summed E-state index contributed by atoms with van der Waals surface area (Å²) >= 11 is 0. The van der Waals surface area contributed by atoms with Crippen LogP contribution in [-0.4, -0.2) is 63.3 Å². The zero-order chi connectivity index (χ0) is 32.4. The average Bonchev–Trinajstić information content (AvgIpc) is 3.26. The van der Waals surface area contributed by atoms with E-state index >= 15 is 0 Å². The van der Waals surface area contributed by atoms with Gasteiger partial charge in [0.1, 0.15) is 5.75 Å². The van der Waals surface area contributed by atoms with Gasteiger partial charge in [-0.2, -0.15) is 39.5 Å². The van der Waals surface area contributed by atoms with Gasteiger partial charge < -0.3 is 18.9 Å². The highest BCUT2D eigenvalue weighted by Gasteiger charge is 2.85. The van der Waals surface area contributed by atoms with Crippen molar-refractivity contribution < 1.29 is 58.5 Å². The average molecular weight is 649 g/mol. The van der Waals surface area contributed by atoms with Gasteiger partial charge in [0, 0.05) is 26.2 Å². The van der Waals surface area contributed by atoms with Gasteiger partial charge in [0.2, 0.25) is 0 Å². The summed E-state index contributed by atoms with van der Waals surface area (Å²) in [5.74, 6) is 1.95. The van der Waals surface area contributed by atoms with Crippen molar-refractivity contribution in [3.63, 3.8) is 0 Å². The van der Waals surface area contributed by atoms with Crippen molar-refractivity contribution in [1.29, 1.82) is 0 Å². The van der Waals surface area contributed by atoms with Crippen LogP contribution in [0.1, 0.15) is 82.3 Å². The lowest BCUT2D eigenvalue weighted by molar-refractivity contribution is -0.457. The number of ether oxygens (including phenoxy) is 4. The fourth-order valence-corrected chi connectivity index (χ4v) is 7.71. The van der Waals surface area contributed by atoms with E-state index < -0.39 is 37.2 Å². The first-order valence-electron chi connectivity index (χ1n) is 15.4. The summed E-state index contributed by atoms with van der Waals surface area (Å²) in [4.78, 5) is 0. The van der Waals surface area contributed by atoms with Crippen molar-refractivity contribution in [1.82, 2.24) is 0 Å². The van der Waals surface area contributed by atoms with Gasteiger partial charge in [0.15, 0.2) is 0 Å². The predicted octanol–water partition coefficient (Wildman–Crippen LogP) is 8.96. The highest BCUT2D eigenvalue weighted by molar-refractivity contribution is 5.40. The molecular formula is C31H41F9O4. The molecule has 44 heavy (non-hydrogen) atoms. The van der Waals surface area contributed by atoms with E-state index in [2.05, 4.69) is 30.7 Å². The largest absolute Gasteiger partial charge is 0.493 e. The normalized spacial score (nSPS) is 27.5. The molecule has 3 aliphatic carbocycles. The number of rotatable bonds is 13. The van der Waals surface area contributed by atoms with Crippen LogP contribution < -0.4 is 4.74 Å². The third kappa shape index (κ3) is 6.84. The Morgan fingerprint density at radius 3 is 2.14 bits per heavy atom. The molecule has 0 aromatic heterocycles. The molecule has 3 aliphatic rings. The molecule has 4 nitrogen and oxygen atoms in total. The van der Waals surface area contributed by atoms with E-state index in [1.54, 1.807) is 0 Å². The van der Waals surface area contributed by atoms with Crippen LogP contribution in [0, 0.1) is 17.3 Å². The second-order valence-electron chi connectivity index (χ2n) is 12.4. The molecule has 0 amide bonds. The van der Waals surface area contributed by atoms with Gasteiger partial charge in [-0.15, -0.1) is 0 Å². The first-order chi connectivity index (χ1) is 20.6. The highest BCUT2D eigenvalue weighted by Crippen LogP contribution is 2.62. The second kappa shape index (κ2) is 13.6. The van der Waals surface area contributed by atoms with E-state index in [-0.39, 0.29) is 18.1 Å². The molecule has 13 heteroatoms. The molecule has 4 rings (SSSR count). The molecule has 1 aromatic rings. The maximum absolute atomic E-state index is 13.1. The lowest BCUT2D eigenvalue weighted by Crippen LogP contribution is -2.67. The molecule has 0 heterocycles. The van der Waals surface area contributed by atoms with Crippen LogP contribution >= 0.6 is 0 Å². The summed E-state index contributed by atoms with van der Waals surface area (Å²) in [5, 5.41) is 0. The lowest BCUT2D eigenvalue weighted by Gasteiger charge is -2.50. The van der Waals surface area contributed by atoms with Gasteiger partial charge in [-0.05, 0) is 97.8 Å². The Kier molecular flexibility index (Phi) is 10.8. The third-order valence-electron chi connectivity index (χ3n) is 9.79. The Hall–Kier alpha value is -1.73. The summed E-state index contributed by atoms with van der Waals surface area (Å²) in [5.41, 5.74) is -3.88. The minimum atomic E-state index is -6.73. The number of aryl methyl sites for hydroxylation is 1. The van der Waals surface area contributed by atoms with Crippen LogP contribution in [0.4, 0.5) is 39.5 Å². The van der Waals surface area contributed by atoms with Crippen molar-refractivity contribution >= 4 is 0 Å². The van der Waals surface area contributed by atoms with Gasteiger partial charge in [0.05, 0.1) is 19.3 Å². The van der Waals surface area contributed by atoms with E-state index in [9.17, 15) is 39.5 Å². The maximum atomic E-state index is 13.1. The smallest absolute Gasteiger partial charge is 0.435 e. The summed E-state index contributed by atoms with van der Waals surface area (Å²) in [6.45, 7) is 4.44. The lowest BCUT2D eigenvalue weighted by atomic mass is 9.55. The van der Waals surface area contributed by atoms with E-state index in [4.69, 9.17) is 14.2 Å². The number of fused-ring (bicyclic) bond motifs is 5. The van der Waals surface area contributed by atoms with Crippen LogP contribution in [0.25, 0.3) is 0 Å². The molecule has 0 aliphatic heterocycles. The molecule has 0 spiro atoms. The zero-order valence-corrected chi connectivity index (χ0v) is 25.0. The standard InChI is InChI=1S/C31H41F9O4/c1-3-14-41-15-4-16-42-21-7-9-22-20(19-21)6-8-24-23(22)12-13-27(2)25(24)10-11-26(27)43-17-5-18-44-28(29(32,33)34,30(35,36)37)31(38,39)40/h7,9,19,23-26H,3-6,8,10-18H2,1-2H3/t23-,24-,25+,26+,27+/m1/s1. The molecule has 0 saturated heterocycles. The topological polar surface area (TPSA) is 36.9 Å². The van der Waals surface area contributed by atoms with Crippen molar-refractivity contribution in [2.24, 2.45) is 17.3 Å². The Morgan fingerprint density at radius 2 is 1.48 bits per heavy atom. The first kappa shape index (κ1) is 35.1. The zero-order valence-electron chi connectivity index (χ0n) is 25.0. The number of hydrogen-bond donors (Lipinski definition) is 0. The molecule has 5 atom stereocenters. The Labute approximate surface area is 251 Å². The van der Waals surface area contributed by atoms with Crippen LogP contribution in [0.5, 0.6) is 5.75 Å². The minimum Gasteiger partial charge on any atom is -0.493 e. The number of alkyl halides is 9. The van der Waals surface area contributed by atoms with Gasteiger partial charge in [-0.1, -0.05) is 19.9 Å². The van der Waals surface area contributed by atoms with Gasteiger partial charge in [-0.25, -0.2) is 0 Å². The molecule has 2 fully saturated rings. The molecule has 2 saturated carbocycles. The van der Waals surface area contributed by atoms with Gasteiger partial charge >= 0.3 is 24.1 Å². The number of hydrogen-bond acceptors (Lipinski definition) is 4. The van der Waals surface area contributed by atoms with Crippen molar-refractivity contribution in [3.05, 3.63) is 29.3 Å². The molecule has 0 radical (unpaired) electrons. The van der Waals surface area contributed by atoms with Gasteiger partial charge in [0.25, 0.3) is 0 Å². The fourth-order valence-electron chi connectivity index (χ4n) is 7.71. The van der Waals surface area contributed by atoms with Crippen LogP contribution in [-0.2, 0) is 20.6 Å². The molecule has 1 aromatic carbocycles. The maximum Gasteiger partial charge on any atom is 0.435 e. The van der Waals surface area contributed by atoms with Crippen LogP contribution in [0.3, 0.4) is 0 Å². The van der Waals surface area contributed by atoms with Gasteiger partial charge in [-0.3, -0.25) is 0 Å². The van der Waals surface area contributed by atoms with E-state index in [1.807, 2.05) is 6.07 Å². The Morgan fingerprint density at radius 1 is 0.795 bits per heavy atom. The number of halogens is 9. The molecule has 0 bridgehead atoms. The summed E-state index contributed by atoms with van der Waals surface area (Å²) < 4.78 is 139. The monoisotopic (exact) mass is 648 g/mol. The second-order valence-corrected chi connectivity index (χ2v) is 12.4. The van der Waals surface area contributed by atoms with E-state index in [0.717, 1.165) is 57.3 Å². The highest BCUT2D eigenvalue weighted by atomic mass is 19.4. The fraction of sp³-hybridized carbons (Fsp3) is 0.806. The minimum absolute atomic E-state index is 0.240. The van der Waals surface area contributed by atoms with Crippen molar-refractivity contribution in [2.45, 2.75) is 108 Å². The predicted molar refractivity (Wildman–Crippen MR) is 143 cm³/mol. The van der Waals surface area contributed by atoms with Crippen molar-refractivity contribution in [3.8, 4) is 5.75 Å². The molecule has 252 valence electrons. The Bertz CT molecular complexity index is 1050. The van der Waals surface area contributed by atoms with Crippen molar-refractivity contribution in [2.75, 3.05) is 33.0 Å². The molecule has 0 N–H and O–H groups in total. The summed E-state index contributed by atoms with van der Waals surface area (Å²) in [6, 6.07) is 6.29. The Balaban J connectivity index is 1.31. The quantitative estimate of drug-likeness (QED) is 0.158. The van der Waals surface area contributed by atoms with Crippen LogP contribution in [0.15, 0.2) is 18.2 Å². The van der Waals surface area contributed by atoms with Crippen LogP contribution in [0.2, 0.25) is 0 Å². The van der Waals surface area contributed by atoms with E-state index in [0.29, 0.717) is 37.4 Å². The summed E-state index contributed by atoms with van der Waals surface area (Å²) in [6.07, 6.45) is -14.1. The number of benzene rings is 1. The third-order valence-corrected chi connectivity index (χ3v) is 9.79. The summed E-state index contributed by atoms with van der Waals surface area (Å²) in [7, 11) is 0.